The van der Waals surface area contributed by atoms with Crippen LogP contribution in [0.4, 0.5) is 8.78 Å². The number of hydrogen-bond donors (Lipinski definition) is 2. The summed E-state index contributed by atoms with van der Waals surface area (Å²) in [6.45, 7) is 2.48. The molecular weight excluding hydrogens is 456 g/mol. The van der Waals surface area contributed by atoms with Crippen LogP contribution in [0.3, 0.4) is 0 Å². The Kier molecular flexibility index (Phi) is 6.35. The largest absolute Gasteiger partial charge is 0.314 e. The Morgan fingerprint density at radius 3 is 2.53 bits per heavy atom. The van der Waals surface area contributed by atoms with Gasteiger partial charge in [0.2, 0.25) is 0 Å². The number of nitrogens with one attached hydrogen (secondary N) is 1. The molecule has 2 aromatic heterocycles. The van der Waals surface area contributed by atoms with Crippen LogP contribution in [0.1, 0.15) is 5.56 Å². The lowest BCUT2D eigenvalue weighted by atomic mass is 10.0. The molecule has 6 nitrogen and oxygen atoms in total. The standard InChI is InChI=1S/C25H26F2N5OS/c1-34(33)22-4-2-3-19(13-22)23-15-30-32-16-20(14-29-24(23)32)18-5-7-21(8-6-18)25(26,27)17-31-11-9-28-10-12-31/h2-8,13-16,28,33H,9-12,17H2,1H3/q+1. The van der Waals surface area contributed by atoms with Gasteiger partial charge in [0.05, 0.1) is 12.7 Å². The molecule has 176 valence electrons. The third-order valence-electron chi connectivity index (χ3n) is 6.11. The molecular formula is C25H26F2N5OS+. The van der Waals surface area contributed by atoms with Crippen LogP contribution in [-0.4, -0.2) is 63.0 Å². The van der Waals surface area contributed by atoms with Crippen molar-refractivity contribution in [3.8, 4) is 22.3 Å². The SMILES string of the molecule is C[S+](O)c1cccc(-c2cnn3cc(-c4ccc(C(F)(F)CN5CCNCC5)cc4)cnc23)c1. The fourth-order valence-corrected chi connectivity index (χ4v) is 4.80. The molecule has 0 aliphatic carbocycles. The molecule has 9 heteroatoms. The third kappa shape index (κ3) is 4.69. The molecule has 5 rings (SSSR count). The van der Waals surface area contributed by atoms with E-state index in [2.05, 4.69) is 15.4 Å². The molecule has 0 spiro atoms. The van der Waals surface area contributed by atoms with Crippen molar-refractivity contribution in [1.82, 2.24) is 24.8 Å². The maximum absolute atomic E-state index is 14.8. The second kappa shape index (κ2) is 9.42. The third-order valence-corrected chi connectivity index (χ3v) is 7.05. The summed E-state index contributed by atoms with van der Waals surface area (Å²) >= 11 is -0.831. The van der Waals surface area contributed by atoms with Crippen LogP contribution in [-0.2, 0) is 17.1 Å². The lowest BCUT2D eigenvalue weighted by Crippen LogP contribution is -2.47. The highest BCUT2D eigenvalue weighted by molar-refractivity contribution is 7.90. The van der Waals surface area contributed by atoms with E-state index in [1.807, 2.05) is 30.5 Å². The van der Waals surface area contributed by atoms with E-state index in [1.54, 1.807) is 40.2 Å². The summed E-state index contributed by atoms with van der Waals surface area (Å²) < 4.78 is 41.2. The van der Waals surface area contributed by atoms with Crippen LogP contribution in [0.15, 0.2) is 72.0 Å². The van der Waals surface area contributed by atoms with E-state index in [0.717, 1.165) is 40.2 Å². The highest BCUT2D eigenvalue weighted by Gasteiger charge is 2.34. The van der Waals surface area contributed by atoms with Crippen LogP contribution < -0.4 is 5.32 Å². The van der Waals surface area contributed by atoms with E-state index in [1.165, 1.54) is 12.1 Å². The maximum Gasteiger partial charge on any atom is 0.285 e. The number of fused-ring (bicyclic) bond motifs is 1. The number of piperazine rings is 1. The molecule has 4 aromatic rings. The summed E-state index contributed by atoms with van der Waals surface area (Å²) in [5.41, 5.74) is 4.08. The smallest absolute Gasteiger partial charge is 0.285 e. The van der Waals surface area contributed by atoms with E-state index in [9.17, 15) is 13.3 Å². The average molecular weight is 483 g/mol. The van der Waals surface area contributed by atoms with Gasteiger partial charge in [0, 0.05) is 61.3 Å². The number of halogens is 2. The fourth-order valence-electron chi connectivity index (χ4n) is 4.22. The van der Waals surface area contributed by atoms with Crippen molar-refractivity contribution in [2.75, 3.05) is 39.0 Å². The van der Waals surface area contributed by atoms with Crippen molar-refractivity contribution in [3.05, 3.63) is 72.7 Å². The molecule has 1 aliphatic heterocycles. The first-order valence-corrected chi connectivity index (χ1v) is 12.7. The first-order valence-electron chi connectivity index (χ1n) is 11.1. The van der Waals surface area contributed by atoms with E-state index in [4.69, 9.17) is 0 Å². The van der Waals surface area contributed by atoms with Crippen LogP contribution in [0, 0.1) is 0 Å². The number of benzene rings is 2. The number of hydrogen-bond acceptors (Lipinski definition) is 5. The number of aromatic nitrogens is 3. The average Bonchev–Trinajstić information content (AvgIpc) is 3.28. The summed E-state index contributed by atoms with van der Waals surface area (Å²) in [6, 6.07) is 14.1. The van der Waals surface area contributed by atoms with Gasteiger partial charge in [-0.25, -0.2) is 9.50 Å². The molecule has 3 heterocycles. The molecule has 1 atom stereocenters. The predicted octanol–water partition coefficient (Wildman–Crippen LogP) is 4.14. The minimum Gasteiger partial charge on any atom is -0.314 e. The fraction of sp³-hybridized carbons (Fsp3) is 0.280. The van der Waals surface area contributed by atoms with Gasteiger partial charge in [-0.3, -0.25) is 4.90 Å². The zero-order valence-electron chi connectivity index (χ0n) is 18.8. The van der Waals surface area contributed by atoms with Crippen molar-refractivity contribution in [2.24, 2.45) is 0 Å². The summed E-state index contributed by atoms with van der Waals surface area (Å²) in [5, 5.41) is 7.63. The van der Waals surface area contributed by atoms with Crippen LogP contribution in [0.25, 0.3) is 27.9 Å². The van der Waals surface area contributed by atoms with Crippen LogP contribution in [0.5, 0.6) is 0 Å². The Hall–Kier alpha value is -2.85. The highest BCUT2D eigenvalue weighted by Crippen LogP contribution is 2.32. The molecule has 1 unspecified atom stereocenters. The molecule has 0 amide bonds. The van der Waals surface area contributed by atoms with Crippen molar-refractivity contribution in [2.45, 2.75) is 10.8 Å². The molecule has 0 bridgehead atoms. The van der Waals surface area contributed by atoms with E-state index < -0.39 is 17.1 Å². The van der Waals surface area contributed by atoms with Crippen LogP contribution in [0.2, 0.25) is 0 Å². The Labute approximate surface area is 199 Å². The molecule has 34 heavy (non-hydrogen) atoms. The Morgan fingerprint density at radius 2 is 1.79 bits per heavy atom. The van der Waals surface area contributed by atoms with E-state index in [-0.39, 0.29) is 12.1 Å². The number of nitrogens with zero attached hydrogens (tertiary/aromatic N) is 4. The summed E-state index contributed by atoms with van der Waals surface area (Å²) in [7, 11) is 0. The highest BCUT2D eigenvalue weighted by atomic mass is 32.2. The van der Waals surface area contributed by atoms with Gasteiger partial charge in [-0.15, -0.1) is 0 Å². The minimum atomic E-state index is -2.91. The van der Waals surface area contributed by atoms with E-state index in [0.29, 0.717) is 18.7 Å². The topological polar surface area (TPSA) is 65.7 Å². The summed E-state index contributed by atoms with van der Waals surface area (Å²) in [6.07, 6.45) is 7.08. The van der Waals surface area contributed by atoms with Gasteiger partial charge in [0.15, 0.2) is 21.7 Å². The van der Waals surface area contributed by atoms with Crippen LogP contribution >= 0.6 is 0 Å². The number of rotatable bonds is 6. The van der Waals surface area contributed by atoms with Gasteiger partial charge in [-0.1, -0.05) is 36.4 Å². The zero-order chi connectivity index (χ0) is 23.7. The Balaban J connectivity index is 1.38. The zero-order valence-corrected chi connectivity index (χ0v) is 19.6. The summed E-state index contributed by atoms with van der Waals surface area (Å²) in [5.74, 6) is -2.91. The van der Waals surface area contributed by atoms with Gasteiger partial charge in [0.1, 0.15) is 6.26 Å². The van der Waals surface area contributed by atoms with Gasteiger partial charge < -0.3 is 5.32 Å². The lowest BCUT2D eigenvalue weighted by molar-refractivity contribution is -0.0400. The maximum atomic E-state index is 14.8. The number of alkyl halides is 2. The van der Waals surface area contributed by atoms with Crippen molar-refractivity contribution in [3.63, 3.8) is 0 Å². The first-order chi connectivity index (χ1) is 16.4. The monoisotopic (exact) mass is 482 g/mol. The first kappa shape index (κ1) is 22.9. The van der Waals surface area contributed by atoms with Gasteiger partial charge >= 0.3 is 0 Å². The molecule has 0 saturated carbocycles. The molecule has 2 aromatic carbocycles. The second-order valence-electron chi connectivity index (χ2n) is 8.48. The van der Waals surface area contributed by atoms with Gasteiger partial charge in [-0.05, 0) is 17.2 Å². The second-order valence-corrected chi connectivity index (χ2v) is 9.91. The molecule has 0 radical (unpaired) electrons. The Bertz CT molecular complexity index is 1290. The quantitative estimate of drug-likeness (QED) is 0.405. The molecule has 1 aliphatic rings. The minimum absolute atomic E-state index is 0.0175. The van der Waals surface area contributed by atoms with Crippen molar-refractivity contribution in [1.29, 1.82) is 0 Å². The van der Waals surface area contributed by atoms with Gasteiger partial charge in [-0.2, -0.15) is 18.4 Å². The molecule has 1 saturated heterocycles. The van der Waals surface area contributed by atoms with E-state index >= 15 is 0 Å². The molecule has 2 N–H and O–H groups in total. The lowest BCUT2D eigenvalue weighted by Gasteiger charge is -2.30. The van der Waals surface area contributed by atoms with Crippen molar-refractivity contribution >= 4 is 16.8 Å². The Morgan fingerprint density at radius 1 is 1.03 bits per heavy atom. The van der Waals surface area contributed by atoms with Crippen molar-refractivity contribution < 1.29 is 13.3 Å². The molecule has 1 fully saturated rings. The summed E-state index contributed by atoms with van der Waals surface area (Å²) in [4.78, 5) is 7.25. The van der Waals surface area contributed by atoms with Gasteiger partial charge in [0.25, 0.3) is 5.92 Å². The normalized spacial score (nSPS) is 16.1. The predicted molar refractivity (Wildman–Crippen MR) is 131 cm³/mol.